The topological polar surface area (TPSA) is 58.1 Å². The van der Waals surface area contributed by atoms with Gasteiger partial charge in [-0.1, -0.05) is 17.7 Å². The van der Waals surface area contributed by atoms with Crippen LogP contribution in [0.4, 0.5) is 0 Å². The van der Waals surface area contributed by atoms with E-state index in [2.05, 4.69) is 33.3 Å². The minimum Gasteiger partial charge on any atom is -0.352 e. The number of rotatable bonds is 4. The Morgan fingerprint density at radius 3 is 2.91 bits per heavy atom. The number of carbonyl (C=O) groups is 1. The standard InChI is InChI=1S/C17H19ClN4O/c1-22-8-5-13(16(22)12-3-2-6-19-9-12)10-21-17(23)14-4-7-20-11-15(14)18/h2-4,6-7,9,11,13,16H,5,8,10H2,1H3,(H,21,23)/t13-,16-/m0/s1. The van der Waals surface area contributed by atoms with Gasteiger partial charge < -0.3 is 5.32 Å². The van der Waals surface area contributed by atoms with E-state index in [1.54, 1.807) is 18.5 Å². The van der Waals surface area contributed by atoms with Gasteiger partial charge in [0.15, 0.2) is 0 Å². The number of aromatic nitrogens is 2. The summed E-state index contributed by atoms with van der Waals surface area (Å²) in [6.07, 6.45) is 7.78. The van der Waals surface area contributed by atoms with Crippen molar-refractivity contribution in [2.75, 3.05) is 20.1 Å². The minimum atomic E-state index is -0.156. The second-order valence-corrected chi connectivity index (χ2v) is 6.23. The fraction of sp³-hybridized carbons (Fsp3) is 0.353. The van der Waals surface area contributed by atoms with Gasteiger partial charge in [-0.15, -0.1) is 0 Å². The van der Waals surface area contributed by atoms with Gasteiger partial charge in [-0.05, 0) is 43.6 Å². The quantitative estimate of drug-likeness (QED) is 0.936. The first kappa shape index (κ1) is 15.9. The second-order valence-electron chi connectivity index (χ2n) is 5.83. The normalized spacial score (nSPS) is 21.3. The Bertz CT molecular complexity index is 679. The van der Waals surface area contributed by atoms with E-state index in [0.29, 0.717) is 23.0 Å². The van der Waals surface area contributed by atoms with Crippen LogP contribution in [0.2, 0.25) is 5.02 Å². The molecule has 0 radical (unpaired) electrons. The molecule has 1 aliphatic rings. The van der Waals surface area contributed by atoms with E-state index in [1.165, 1.54) is 11.8 Å². The summed E-state index contributed by atoms with van der Waals surface area (Å²) in [5, 5.41) is 3.38. The van der Waals surface area contributed by atoms with E-state index in [-0.39, 0.29) is 11.9 Å². The third-order valence-electron chi connectivity index (χ3n) is 4.34. The van der Waals surface area contributed by atoms with E-state index < -0.39 is 0 Å². The van der Waals surface area contributed by atoms with Gasteiger partial charge in [0.2, 0.25) is 0 Å². The molecule has 1 fully saturated rings. The van der Waals surface area contributed by atoms with Crippen molar-refractivity contribution in [3.8, 4) is 0 Å². The number of hydrogen-bond donors (Lipinski definition) is 1. The smallest absolute Gasteiger partial charge is 0.252 e. The summed E-state index contributed by atoms with van der Waals surface area (Å²) in [7, 11) is 2.11. The molecule has 1 amide bonds. The summed E-state index contributed by atoms with van der Waals surface area (Å²) in [5.74, 6) is 0.200. The van der Waals surface area contributed by atoms with E-state index in [0.717, 1.165) is 13.0 Å². The molecule has 3 heterocycles. The highest BCUT2D eigenvalue weighted by atomic mass is 35.5. The van der Waals surface area contributed by atoms with Gasteiger partial charge in [-0.3, -0.25) is 19.7 Å². The Labute approximate surface area is 140 Å². The van der Waals surface area contributed by atoms with Crippen molar-refractivity contribution in [3.05, 3.63) is 59.1 Å². The maximum atomic E-state index is 12.3. The molecule has 2 aromatic rings. The van der Waals surface area contributed by atoms with Crippen LogP contribution >= 0.6 is 11.6 Å². The van der Waals surface area contributed by atoms with Crippen molar-refractivity contribution < 1.29 is 4.79 Å². The predicted molar refractivity (Wildman–Crippen MR) is 89.3 cm³/mol. The lowest BCUT2D eigenvalue weighted by Crippen LogP contribution is -2.32. The van der Waals surface area contributed by atoms with Crippen LogP contribution < -0.4 is 5.32 Å². The number of amides is 1. The summed E-state index contributed by atoms with van der Waals surface area (Å²) >= 11 is 6.02. The molecule has 0 unspecified atom stereocenters. The Hall–Kier alpha value is -1.98. The number of hydrogen-bond acceptors (Lipinski definition) is 4. The predicted octanol–water partition coefficient (Wildman–Crippen LogP) is 2.55. The summed E-state index contributed by atoms with van der Waals surface area (Å²) in [4.78, 5) is 22.7. The molecule has 0 bridgehead atoms. The fourth-order valence-electron chi connectivity index (χ4n) is 3.20. The van der Waals surface area contributed by atoms with E-state index in [1.807, 2.05) is 12.3 Å². The molecule has 2 aromatic heterocycles. The van der Waals surface area contributed by atoms with Crippen molar-refractivity contribution in [2.45, 2.75) is 12.5 Å². The highest BCUT2D eigenvalue weighted by Crippen LogP contribution is 2.35. The lowest BCUT2D eigenvalue weighted by Gasteiger charge is -2.25. The van der Waals surface area contributed by atoms with Crippen LogP contribution in [-0.4, -0.2) is 40.9 Å². The molecular weight excluding hydrogens is 312 g/mol. The Morgan fingerprint density at radius 2 is 2.17 bits per heavy atom. The van der Waals surface area contributed by atoms with Crippen LogP contribution in [0.5, 0.6) is 0 Å². The molecule has 1 aliphatic heterocycles. The third-order valence-corrected chi connectivity index (χ3v) is 4.64. The van der Waals surface area contributed by atoms with Gasteiger partial charge in [0.05, 0.1) is 10.6 Å². The number of nitrogens with zero attached hydrogens (tertiary/aromatic N) is 3. The summed E-state index contributed by atoms with van der Waals surface area (Å²) in [6.45, 7) is 1.62. The molecule has 23 heavy (non-hydrogen) atoms. The van der Waals surface area contributed by atoms with Crippen molar-refractivity contribution in [2.24, 2.45) is 5.92 Å². The Morgan fingerprint density at radius 1 is 1.35 bits per heavy atom. The Balaban J connectivity index is 1.68. The van der Waals surface area contributed by atoms with Gasteiger partial charge in [0.1, 0.15) is 0 Å². The number of carbonyl (C=O) groups excluding carboxylic acids is 1. The maximum Gasteiger partial charge on any atom is 0.252 e. The van der Waals surface area contributed by atoms with Crippen molar-refractivity contribution >= 4 is 17.5 Å². The summed E-state index contributed by atoms with van der Waals surface area (Å²) in [6, 6.07) is 5.95. The largest absolute Gasteiger partial charge is 0.352 e. The average Bonchev–Trinajstić information content (AvgIpc) is 2.94. The van der Waals surface area contributed by atoms with Gasteiger partial charge in [-0.2, -0.15) is 0 Å². The summed E-state index contributed by atoms with van der Waals surface area (Å²) in [5.41, 5.74) is 1.65. The van der Waals surface area contributed by atoms with Crippen LogP contribution in [0.15, 0.2) is 43.0 Å². The SMILES string of the molecule is CN1CC[C@@H](CNC(=O)c2ccncc2Cl)[C@@H]1c1cccnc1. The van der Waals surface area contributed by atoms with Crippen molar-refractivity contribution in [3.63, 3.8) is 0 Å². The first-order valence-corrected chi connectivity index (χ1v) is 8.02. The molecule has 0 saturated carbocycles. The van der Waals surface area contributed by atoms with E-state index >= 15 is 0 Å². The van der Waals surface area contributed by atoms with Crippen LogP contribution in [0.25, 0.3) is 0 Å². The zero-order valence-corrected chi connectivity index (χ0v) is 13.7. The van der Waals surface area contributed by atoms with E-state index in [9.17, 15) is 4.79 Å². The van der Waals surface area contributed by atoms with Gasteiger partial charge >= 0.3 is 0 Å². The van der Waals surface area contributed by atoms with Crippen LogP contribution in [0.1, 0.15) is 28.4 Å². The number of halogens is 1. The zero-order chi connectivity index (χ0) is 16.2. The van der Waals surface area contributed by atoms with Gasteiger partial charge in [-0.25, -0.2) is 0 Å². The van der Waals surface area contributed by atoms with Crippen LogP contribution in [0, 0.1) is 5.92 Å². The molecule has 3 rings (SSSR count). The maximum absolute atomic E-state index is 12.3. The zero-order valence-electron chi connectivity index (χ0n) is 12.9. The second kappa shape index (κ2) is 7.06. The van der Waals surface area contributed by atoms with E-state index in [4.69, 9.17) is 11.6 Å². The van der Waals surface area contributed by atoms with Crippen LogP contribution in [0.3, 0.4) is 0 Å². The van der Waals surface area contributed by atoms with Gasteiger partial charge in [0.25, 0.3) is 5.91 Å². The van der Waals surface area contributed by atoms with Gasteiger partial charge in [0, 0.05) is 37.4 Å². The lowest BCUT2D eigenvalue weighted by atomic mass is 9.94. The molecule has 6 heteroatoms. The molecule has 0 aromatic carbocycles. The highest BCUT2D eigenvalue weighted by Gasteiger charge is 2.33. The Kier molecular flexibility index (Phi) is 4.88. The lowest BCUT2D eigenvalue weighted by molar-refractivity contribution is 0.0943. The highest BCUT2D eigenvalue weighted by molar-refractivity contribution is 6.33. The molecule has 2 atom stereocenters. The first-order chi connectivity index (χ1) is 11.2. The molecule has 1 saturated heterocycles. The fourth-order valence-corrected chi connectivity index (χ4v) is 3.40. The van der Waals surface area contributed by atoms with Crippen molar-refractivity contribution in [1.82, 2.24) is 20.2 Å². The summed E-state index contributed by atoms with van der Waals surface area (Å²) < 4.78 is 0. The minimum absolute atomic E-state index is 0.156. The third kappa shape index (κ3) is 3.51. The first-order valence-electron chi connectivity index (χ1n) is 7.64. The molecule has 120 valence electrons. The van der Waals surface area contributed by atoms with Crippen molar-refractivity contribution in [1.29, 1.82) is 0 Å². The molecule has 1 N–H and O–H groups in total. The molecule has 5 nitrogen and oxygen atoms in total. The molecular formula is C17H19ClN4O. The average molecular weight is 331 g/mol. The monoisotopic (exact) mass is 330 g/mol. The number of nitrogens with one attached hydrogen (secondary N) is 1. The number of likely N-dealkylation sites (tertiary alicyclic amines) is 1. The molecule has 0 spiro atoms. The van der Waals surface area contributed by atoms with Crippen LogP contribution in [-0.2, 0) is 0 Å². The molecule has 0 aliphatic carbocycles. The number of pyridine rings is 2.